The van der Waals surface area contributed by atoms with Gasteiger partial charge in [0.05, 0.1) is 64.8 Å². The lowest BCUT2D eigenvalue weighted by Crippen LogP contribution is -2.56. The van der Waals surface area contributed by atoms with Gasteiger partial charge in [0.25, 0.3) is 22.2 Å². The predicted molar refractivity (Wildman–Crippen MR) is 467 cm³/mol. The van der Waals surface area contributed by atoms with Gasteiger partial charge >= 0.3 is 0 Å². The molecule has 0 bridgehead atoms. The molecule has 37 nitrogen and oxygen atoms in total. The highest BCUT2D eigenvalue weighted by atomic mass is 16.5. The standard InChI is InChI=1S/C22H24N8O2.C22H24N8O.2C21H24N8O/c1-14-9-16(27-5-7-28(8-6-27)17-12-32-13-17)11-29-21(31)10-19(24-22(14)29)18-3-4-20-23-15(2)25-30(20)26-18;1-13-6-17(28-10-15-8-27(3)9-16(15)11-28)12-29-21(31)7-19(24-22(13)29)18-4-5-20-23-14(2)25-30(20)26-18;1-13-9-16(27-8-7-15(11-27)26(3)4)12-28-20(30)10-18(23-21(13)28)17-5-6-19-22-14(2)24-29(19)25-17;1-4-26-7-9-27(10-8-26)16-11-14(2)21-23-18(12-20(30)28(21)13-16)17-5-6-19-22-15(3)24-29(19)25-17/h3-4,9-11,17H,5-8,12-13H2,1-2H3;4-7,12,15-16H,8-11H2,1-3H3;5-6,9-10,12,15H,7-8,11H2,1-4H3;5-6,11-13H,4,7-10H2,1-3H3/t;15-,16+;15-;/m..1./s1. The van der Waals surface area contributed by atoms with E-state index in [0.717, 1.165) is 163 Å². The normalized spacial score (nSPS) is 17.9. The van der Waals surface area contributed by atoms with E-state index in [1.807, 2.05) is 129 Å². The first kappa shape index (κ1) is 79.4. The number of fused-ring (bicyclic) bond motifs is 9. The maximum atomic E-state index is 13.0. The zero-order valence-corrected chi connectivity index (χ0v) is 70.9. The summed E-state index contributed by atoms with van der Waals surface area (Å²) in [4.78, 5) is 107. The Morgan fingerprint density at radius 2 is 0.683 bits per heavy atom. The molecule has 630 valence electrons. The third kappa shape index (κ3) is 15.8. The van der Waals surface area contributed by atoms with Crippen LogP contribution in [0.1, 0.15) is 58.9 Å². The number of aromatic nitrogens is 24. The number of pyridine rings is 4. The van der Waals surface area contributed by atoms with Gasteiger partial charge in [0.15, 0.2) is 22.6 Å². The first-order valence-electron chi connectivity index (χ1n) is 41.8. The average molecular weight is 1660 g/mol. The number of piperazine rings is 2. The van der Waals surface area contributed by atoms with Crippen molar-refractivity contribution >= 4 is 67.9 Å². The Labute approximate surface area is 704 Å². The van der Waals surface area contributed by atoms with Crippen LogP contribution in [0.5, 0.6) is 0 Å². The van der Waals surface area contributed by atoms with Gasteiger partial charge in [-0.3, -0.25) is 41.7 Å². The molecule has 37 heteroatoms. The van der Waals surface area contributed by atoms with E-state index in [-0.39, 0.29) is 22.2 Å². The molecule has 0 amide bonds. The third-order valence-electron chi connectivity index (χ3n) is 24.3. The van der Waals surface area contributed by atoms with E-state index in [2.05, 4.69) is 152 Å². The van der Waals surface area contributed by atoms with E-state index >= 15 is 0 Å². The molecule has 0 saturated carbocycles. The highest BCUT2D eigenvalue weighted by Crippen LogP contribution is 2.35. The summed E-state index contributed by atoms with van der Waals surface area (Å²) in [6, 6.07) is 30.3. The average Bonchev–Trinajstić information content (AvgIpc) is 1.76. The van der Waals surface area contributed by atoms with Crippen LogP contribution in [0.3, 0.4) is 0 Å². The van der Waals surface area contributed by atoms with Crippen LogP contribution in [0, 0.1) is 67.2 Å². The number of likely N-dealkylation sites (N-methyl/N-ethyl adjacent to an activating group) is 2. The second kappa shape index (κ2) is 32.2. The highest BCUT2D eigenvalue weighted by molar-refractivity contribution is 5.68. The SMILES string of the molecule is CCN1CCN(c2cc(C)c3nc(-c4ccc5nc(C)nn5n4)cc(=O)n3c2)CC1.Cc1nc2ccc(-c3cc(=O)n4cc(N5CCN(C6COC6)CC5)cc(C)c4n3)nn2n1.Cc1nc2ccc(-c3cc(=O)n4cc(N5CC[C@@H](N(C)C)C5)cc(C)c4n3)nn2n1.Cc1nc2ccc(-c3cc(=O)n4cc(N5C[C@H]6CN(C)C[C@H]6C5)cc(C)c4n3)nn2n1. The monoisotopic (exact) mass is 1660 g/mol. The van der Waals surface area contributed by atoms with Crippen LogP contribution in [0.25, 0.3) is 90.7 Å². The molecule has 22 rings (SSSR count). The molecular weight excluding hydrogens is 1560 g/mol. The number of aryl methyl sites for hydroxylation is 8. The summed E-state index contributed by atoms with van der Waals surface area (Å²) in [6.07, 6.45) is 8.76. The second-order valence-electron chi connectivity index (χ2n) is 33.3. The van der Waals surface area contributed by atoms with Crippen molar-refractivity contribution < 1.29 is 4.74 Å². The minimum absolute atomic E-state index is 0.110. The van der Waals surface area contributed by atoms with E-state index < -0.39 is 0 Å². The third-order valence-corrected chi connectivity index (χ3v) is 24.3. The summed E-state index contributed by atoms with van der Waals surface area (Å²) in [6.45, 7) is 34.4. The number of hydrogen-bond donors (Lipinski definition) is 0. The Balaban J connectivity index is 0.000000108. The predicted octanol–water partition coefficient (Wildman–Crippen LogP) is 5.46. The van der Waals surface area contributed by atoms with Gasteiger partial charge in [-0.1, -0.05) is 6.92 Å². The molecule has 6 aliphatic heterocycles. The molecule has 6 saturated heterocycles. The van der Waals surface area contributed by atoms with Gasteiger partial charge in [-0.15, -0.1) is 59.3 Å². The van der Waals surface area contributed by atoms with Crippen molar-refractivity contribution in [3.05, 3.63) is 209 Å². The van der Waals surface area contributed by atoms with Gasteiger partial charge in [-0.05, 0) is 196 Å². The van der Waals surface area contributed by atoms with E-state index in [0.29, 0.717) is 138 Å². The number of anilines is 4. The van der Waals surface area contributed by atoms with Crippen molar-refractivity contribution in [2.75, 3.05) is 152 Å². The Hall–Kier alpha value is -13.4. The topological polar surface area (TPSA) is 345 Å². The van der Waals surface area contributed by atoms with Crippen LogP contribution < -0.4 is 41.8 Å². The molecule has 22 heterocycles. The molecule has 0 spiro atoms. The van der Waals surface area contributed by atoms with Crippen LogP contribution in [0.2, 0.25) is 0 Å². The van der Waals surface area contributed by atoms with Crippen molar-refractivity contribution in [2.24, 2.45) is 11.8 Å². The minimum atomic E-state index is -0.128. The number of ether oxygens (including phenoxy) is 1. The number of hydrogen-bond acceptors (Lipinski definition) is 29. The molecule has 0 N–H and O–H groups in total. The van der Waals surface area contributed by atoms with Crippen molar-refractivity contribution in [3.8, 4) is 45.6 Å². The van der Waals surface area contributed by atoms with Gasteiger partial charge in [0, 0.05) is 147 Å². The van der Waals surface area contributed by atoms with E-state index in [1.165, 1.54) is 36.7 Å². The molecule has 6 fully saturated rings. The highest BCUT2D eigenvalue weighted by Gasteiger charge is 2.39. The van der Waals surface area contributed by atoms with Gasteiger partial charge in [0.2, 0.25) is 0 Å². The summed E-state index contributed by atoms with van der Waals surface area (Å²) >= 11 is 0. The Morgan fingerprint density at radius 3 is 0.992 bits per heavy atom. The lowest BCUT2D eigenvalue weighted by atomic mass is 10.0. The number of rotatable bonds is 11. The van der Waals surface area contributed by atoms with Gasteiger partial charge < -0.3 is 39.0 Å². The fourth-order valence-electron chi connectivity index (χ4n) is 17.7. The lowest BCUT2D eigenvalue weighted by molar-refractivity contribution is -0.0660. The lowest BCUT2D eigenvalue weighted by Gasteiger charge is -2.43. The molecular formula is C86H96N32O5. The van der Waals surface area contributed by atoms with Gasteiger partial charge in [-0.2, -0.15) is 0 Å². The summed E-state index contributed by atoms with van der Waals surface area (Å²) in [5, 5.41) is 34.9. The molecule has 123 heavy (non-hydrogen) atoms. The molecule has 16 aromatic heterocycles. The largest absolute Gasteiger partial charge is 0.378 e. The molecule has 6 aliphatic rings. The van der Waals surface area contributed by atoms with Crippen LogP contribution in [0.15, 0.2) is 141 Å². The number of nitrogens with zero attached hydrogens (tertiary/aromatic N) is 32. The van der Waals surface area contributed by atoms with Crippen molar-refractivity contribution in [1.82, 2.24) is 136 Å². The second-order valence-corrected chi connectivity index (χ2v) is 33.3. The maximum absolute atomic E-state index is 13.0. The fourth-order valence-corrected chi connectivity index (χ4v) is 17.7. The molecule has 0 aliphatic carbocycles. The Bertz CT molecular complexity index is 7050. The van der Waals surface area contributed by atoms with Crippen LogP contribution in [-0.4, -0.2) is 281 Å². The zero-order chi connectivity index (χ0) is 84.9. The first-order chi connectivity index (χ1) is 59.4. The molecule has 3 atom stereocenters. The Morgan fingerprint density at radius 1 is 0.358 bits per heavy atom. The zero-order valence-electron chi connectivity index (χ0n) is 70.9. The molecule has 0 aromatic carbocycles. The summed E-state index contributed by atoms with van der Waals surface area (Å²) in [7, 11) is 6.42. The molecule has 0 radical (unpaired) electrons. The molecule has 0 unspecified atom stereocenters. The minimum Gasteiger partial charge on any atom is -0.378 e. The van der Waals surface area contributed by atoms with Crippen molar-refractivity contribution in [3.63, 3.8) is 0 Å². The number of likely N-dealkylation sites (tertiary alicyclic amines) is 1. The maximum Gasteiger partial charge on any atom is 0.258 e. The van der Waals surface area contributed by atoms with Crippen molar-refractivity contribution in [1.29, 1.82) is 0 Å². The first-order valence-corrected chi connectivity index (χ1v) is 41.8. The van der Waals surface area contributed by atoms with Gasteiger partial charge in [0.1, 0.15) is 68.7 Å². The van der Waals surface area contributed by atoms with Crippen molar-refractivity contribution in [2.45, 2.75) is 80.8 Å². The van der Waals surface area contributed by atoms with E-state index in [4.69, 9.17) is 24.7 Å². The summed E-state index contributed by atoms with van der Waals surface area (Å²) < 4.78 is 17.8. The van der Waals surface area contributed by atoms with Crippen LogP contribution >= 0.6 is 0 Å². The quantitative estimate of drug-likeness (QED) is 0.155. The Kier molecular flexibility index (Phi) is 20.8. The van der Waals surface area contributed by atoms with Gasteiger partial charge in [-0.25, -0.2) is 39.9 Å². The van der Waals surface area contributed by atoms with Crippen LogP contribution in [0.4, 0.5) is 22.7 Å². The fraction of sp³-hybridized carbons (Fsp3) is 0.395. The van der Waals surface area contributed by atoms with E-state index in [1.54, 1.807) is 23.7 Å². The molecule has 16 aromatic rings. The summed E-state index contributed by atoms with van der Waals surface area (Å²) in [5.41, 5.74) is 17.3. The summed E-state index contributed by atoms with van der Waals surface area (Å²) in [5.74, 6) is 4.00. The van der Waals surface area contributed by atoms with E-state index in [9.17, 15) is 19.2 Å². The smallest absolute Gasteiger partial charge is 0.258 e. The van der Waals surface area contributed by atoms with Crippen LogP contribution in [-0.2, 0) is 4.74 Å².